The molecule has 1 aliphatic heterocycles. The van der Waals surface area contributed by atoms with Crippen molar-refractivity contribution in [2.75, 3.05) is 13.1 Å². The minimum Gasteiger partial charge on any atom is -0.481 e. The molecule has 1 aromatic carbocycles. The molecule has 1 aliphatic rings. The molecule has 2 rings (SSSR count). The standard InChI is InChI=1S/C16H18N2O4/c1-11(22-14-6-4-12(9-17)5-7-14)15(19)18-8-2-3-13(10-18)16(20)21/h4-7,11,13H,2-3,8,10H2,1H3,(H,20,21). The summed E-state index contributed by atoms with van der Waals surface area (Å²) >= 11 is 0. The molecule has 1 aromatic rings. The highest BCUT2D eigenvalue weighted by Crippen LogP contribution is 2.19. The van der Waals surface area contributed by atoms with Gasteiger partial charge in [-0.3, -0.25) is 9.59 Å². The fourth-order valence-corrected chi connectivity index (χ4v) is 2.50. The molecule has 116 valence electrons. The number of nitriles is 1. The van der Waals surface area contributed by atoms with E-state index in [1.54, 1.807) is 36.1 Å². The maximum Gasteiger partial charge on any atom is 0.308 e. The van der Waals surface area contributed by atoms with Crippen molar-refractivity contribution in [1.82, 2.24) is 4.90 Å². The maximum absolute atomic E-state index is 12.3. The number of benzene rings is 1. The highest BCUT2D eigenvalue weighted by atomic mass is 16.5. The molecule has 2 atom stereocenters. The fourth-order valence-electron chi connectivity index (χ4n) is 2.50. The van der Waals surface area contributed by atoms with Gasteiger partial charge >= 0.3 is 5.97 Å². The Bertz CT molecular complexity index is 591. The Balaban J connectivity index is 1.96. The van der Waals surface area contributed by atoms with Crippen LogP contribution in [-0.4, -0.2) is 41.1 Å². The molecule has 6 nitrogen and oxygen atoms in total. The van der Waals surface area contributed by atoms with E-state index in [2.05, 4.69) is 0 Å². The quantitative estimate of drug-likeness (QED) is 0.913. The Morgan fingerprint density at radius 1 is 1.41 bits per heavy atom. The van der Waals surface area contributed by atoms with Gasteiger partial charge < -0.3 is 14.7 Å². The Morgan fingerprint density at radius 2 is 2.09 bits per heavy atom. The number of ether oxygens (including phenoxy) is 1. The predicted molar refractivity (Wildman–Crippen MR) is 78.2 cm³/mol. The number of nitrogens with zero attached hydrogens (tertiary/aromatic N) is 2. The van der Waals surface area contributed by atoms with Crippen LogP contribution in [0.15, 0.2) is 24.3 Å². The second kappa shape index (κ2) is 6.94. The van der Waals surface area contributed by atoms with E-state index in [9.17, 15) is 9.59 Å². The van der Waals surface area contributed by atoms with Crippen molar-refractivity contribution >= 4 is 11.9 Å². The van der Waals surface area contributed by atoms with Crippen LogP contribution in [0.2, 0.25) is 0 Å². The van der Waals surface area contributed by atoms with Crippen LogP contribution < -0.4 is 4.74 Å². The molecule has 22 heavy (non-hydrogen) atoms. The number of carboxylic acid groups (broad SMARTS) is 1. The normalized spacial score (nSPS) is 19.1. The average Bonchev–Trinajstić information content (AvgIpc) is 2.54. The van der Waals surface area contributed by atoms with Gasteiger partial charge in [0.1, 0.15) is 5.75 Å². The van der Waals surface area contributed by atoms with E-state index in [1.165, 1.54) is 0 Å². The number of amides is 1. The first kappa shape index (κ1) is 15.8. The number of likely N-dealkylation sites (tertiary alicyclic amines) is 1. The van der Waals surface area contributed by atoms with Crippen LogP contribution in [0.4, 0.5) is 0 Å². The third-order valence-electron chi connectivity index (χ3n) is 3.73. The number of rotatable bonds is 4. The van der Waals surface area contributed by atoms with E-state index in [4.69, 9.17) is 15.1 Å². The van der Waals surface area contributed by atoms with Crippen LogP contribution >= 0.6 is 0 Å². The van der Waals surface area contributed by atoms with E-state index in [0.717, 1.165) is 0 Å². The highest BCUT2D eigenvalue weighted by Gasteiger charge is 2.30. The van der Waals surface area contributed by atoms with Crippen molar-refractivity contribution in [3.8, 4) is 11.8 Å². The Hall–Kier alpha value is -2.55. The zero-order valence-corrected chi connectivity index (χ0v) is 12.4. The molecule has 2 unspecified atom stereocenters. The molecule has 1 N–H and O–H groups in total. The molecular formula is C16H18N2O4. The van der Waals surface area contributed by atoms with Gasteiger partial charge in [-0.2, -0.15) is 5.26 Å². The molecule has 1 fully saturated rings. The number of aliphatic carboxylic acids is 1. The van der Waals surface area contributed by atoms with Gasteiger partial charge in [-0.15, -0.1) is 0 Å². The van der Waals surface area contributed by atoms with Crippen molar-refractivity contribution < 1.29 is 19.4 Å². The van der Waals surface area contributed by atoms with Crippen molar-refractivity contribution in [2.45, 2.75) is 25.9 Å². The Morgan fingerprint density at radius 3 is 2.68 bits per heavy atom. The van der Waals surface area contributed by atoms with Gasteiger partial charge in [0.05, 0.1) is 17.6 Å². The molecule has 0 aromatic heterocycles. The zero-order valence-electron chi connectivity index (χ0n) is 12.4. The van der Waals surface area contributed by atoms with Crippen LogP contribution in [0, 0.1) is 17.2 Å². The summed E-state index contributed by atoms with van der Waals surface area (Å²) in [5, 5.41) is 17.8. The Labute approximate surface area is 128 Å². The minimum atomic E-state index is -0.863. The summed E-state index contributed by atoms with van der Waals surface area (Å²) < 4.78 is 5.58. The highest BCUT2D eigenvalue weighted by molar-refractivity contribution is 5.82. The smallest absolute Gasteiger partial charge is 0.308 e. The first-order valence-electron chi connectivity index (χ1n) is 7.19. The first-order chi connectivity index (χ1) is 10.5. The van der Waals surface area contributed by atoms with Crippen molar-refractivity contribution in [1.29, 1.82) is 5.26 Å². The molecule has 1 heterocycles. The number of carboxylic acids is 1. The lowest BCUT2D eigenvalue weighted by atomic mass is 9.98. The van der Waals surface area contributed by atoms with E-state index < -0.39 is 18.0 Å². The second-order valence-corrected chi connectivity index (χ2v) is 5.36. The lowest BCUT2D eigenvalue weighted by molar-refractivity contribution is -0.147. The topological polar surface area (TPSA) is 90.6 Å². The van der Waals surface area contributed by atoms with E-state index in [-0.39, 0.29) is 12.5 Å². The summed E-state index contributed by atoms with van der Waals surface area (Å²) in [7, 11) is 0. The average molecular weight is 302 g/mol. The molecule has 1 amide bonds. The van der Waals surface area contributed by atoms with Gasteiger partial charge in [0.2, 0.25) is 0 Å². The van der Waals surface area contributed by atoms with E-state index in [0.29, 0.717) is 30.7 Å². The largest absolute Gasteiger partial charge is 0.481 e. The zero-order chi connectivity index (χ0) is 16.1. The predicted octanol–water partition coefficient (Wildman–Crippen LogP) is 1.65. The van der Waals surface area contributed by atoms with Crippen molar-refractivity contribution in [2.24, 2.45) is 5.92 Å². The minimum absolute atomic E-state index is 0.213. The molecular weight excluding hydrogens is 284 g/mol. The number of hydrogen-bond donors (Lipinski definition) is 1. The summed E-state index contributed by atoms with van der Waals surface area (Å²) in [5.74, 6) is -1.07. The third kappa shape index (κ3) is 3.76. The number of carbonyl (C=O) groups excluding carboxylic acids is 1. The SMILES string of the molecule is CC(Oc1ccc(C#N)cc1)C(=O)N1CCCC(C(=O)O)C1. The van der Waals surface area contributed by atoms with Crippen LogP contribution in [0.3, 0.4) is 0 Å². The summed E-state index contributed by atoms with van der Waals surface area (Å²) in [6.07, 6.45) is 0.594. The number of hydrogen-bond acceptors (Lipinski definition) is 4. The molecule has 0 radical (unpaired) electrons. The second-order valence-electron chi connectivity index (χ2n) is 5.36. The van der Waals surface area contributed by atoms with Gasteiger partial charge in [0.25, 0.3) is 5.91 Å². The molecule has 6 heteroatoms. The monoisotopic (exact) mass is 302 g/mol. The molecule has 1 saturated heterocycles. The molecule has 0 spiro atoms. The van der Waals surface area contributed by atoms with Gasteiger partial charge in [-0.1, -0.05) is 0 Å². The summed E-state index contributed by atoms with van der Waals surface area (Å²) in [4.78, 5) is 24.9. The molecule has 0 aliphatic carbocycles. The summed E-state index contributed by atoms with van der Waals surface area (Å²) in [6.45, 7) is 2.43. The van der Waals surface area contributed by atoms with Crippen LogP contribution in [0.1, 0.15) is 25.3 Å². The van der Waals surface area contributed by atoms with E-state index in [1.807, 2.05) is 6.07 Å². The van der Waals surface area contributed by atoms with Crippen LogP contribution in [0.5, 0.6) is 5.75 Å². The van der Waals surface area contributed by atoms with Crippen LogP contribution in [-0.2, 0) is 9.59 Å². The summed E-state index contributed by atoms with van der Waals surface area (Å²) in [6, 6.07) is 8.52. The van der Waals surface area contributed by atoms with Gasteiger partial charge in [-0.25, -0.2) is 0 Å². The fraction of sp³-hybridized carbons (Fsp3) is 0.438. The van der Waals surface area contributed by atoms with Gasteiger partial charge in [-0.05, 0) is 44.0 Å². The third-order valence-corrected chi connectivity index (χ3v) is 3.73. The molecule has 0 bridgehead atoms. The van der Waals surface area contributed by atoms with Crippen LogP contribution in [0.25, 0.3) is 0 Å². The summed E-state index contributed by atoms with van der Waals surface area (Å²) in [5.41, 5.74) is 0.520. The van der Waals surface area contributed by atoms with Crippen molar-refractivity contribution in [3.05, 3.63) is 29.8 Å². The Kier molecular flexibility index (Phi) is 4.99. The van der Waals surface area contributed by atoms with Gasteiger partial charge in [0, 0.05) is 13.1 Å². The van der Waals surface area contributed by atoms with E-state index >= 15 is 0 Å². The molecule has 0 saturated carbocycles. The maximum atomic E-state index is 12.3. The first-order valence-corrected chi connectivity index (χ1v) is 7.19. The number of carbonyl (C=O) groups is 2. The lowest BCUT2D eigenvalue weighted by Crippen LogP contribution is -2.47. The van der Waals surface area contributed by atoms with Gasteiger partial charge in [0.15, 0.2) is 6.10 Å². The van der Waals surface area contributed by atoms with Crippen molar-refractivity contribution in [3.63, 3.8) is 0 Å². The number of piperidine rings is 1. The lowest BCUT2D eigenvalue weighted by Gasteiger charge is -2.32.